The lowest BCUT2D eigenvalue weighted by Gasteiger charge is -2.23. The summed E-state index contributed by atoms with van der Waals surface area (Å²) in [5, 5.41) is 13.0. The molecule has 0 amide bonds. The topological polar surface area (TPSA) is 60.6 Å². The van der Waals surface area contributed by atoms with Crippen LogP contribution in [-0.2, 0) is 19.5 Å². The van der Waals surface area contributed by atoms with Crippen LogP contribution in [-0.4, -0.2) is 30.6 Å². The van der Waals surface area contributed by atoms with Gasteiger partial charge in [-0.1, -0.05) is 28.4 Å². The van der Waals surface area contributed by atoms with Gasteiger partial charge in [0.2, 0.25) is 0 Å². The Morgan fingerprint density at radius 2 is 2.21 bits per heavy atom. The summed E-state index contributed by atoms with van der Waals surface area (Å²) in [5.41, 5.74) is 1.63. The lowest BCUT2D eigenvalue weighted by Crippen LogP contribution is -2.36. The third-order valence-corrected chi connectivity index (χ3v) is 4.76. The first kappa shape index (κ1) is 15.6. The van der Waals surface area contributed by atoms with Gasteiger partial charge in [0.1, 0.15) is 5.82 Å². The molecule has 3 aromatic rings. The third kappa shape index (κ3) is 3.17. The summed E-state index contributed by atoms with van der Waals surface area (Å²) in [5.74, 6) is 1.13. The van der Waals surface area contributed by atoms with Crippen molar-refractivity contribution in [1.29, 1.82) is 0 Å². The quantitative estimate of drug-likeness (QED) is 0.774. The molecular formula is C16H16Cl2N6. The van der Waals surface area contributed by atoms with E-state index < -0.39 is 0 Å². The van der Waals surface area contributed by atoms with E-state index in [4.69, 9.17) is 23.2 Å². The van der Waals surface area contributed by atoms with Crippen LogP contribution in [0, 0.1) is 0 Å². The normalized spacial score (nSPS) is 17.0. The van der Waals surface area contributed by atoms with E-state index >= 15 is 0 Å². The zero-order valence-corrected chi connectivity index (χ0v) is 14.4. The molecule has 1 N–H and O–H groups in total. The maximum atomic E-state index is 6.21. The molecule has 0 spiro atoms. The summed E-state index contributed by atoms with van der Waals surface area (Å²) in [4.78, 5) is 4.39. The van der Waals surface area contributed by atoms with Gasteiger partial charge in [0.25, 0.3) is 0 Å². The van der Waals surface area contributed by atoms with Crippen molar-refractivity contribution in [3.05, 3.63) is 58.4 Å². The zero-order chi connectivity index (χ0) is 16.5. The molecule has 6 nitrogen and oxygen atoms in total. The first-order chi connectivity index (χ1) is 11.7. The highest BCUT2D eigenvalue weighted by atomic mass is 35.5. The van der Waals surface area contributed by atoms with E-state index in [1.165, 1.54) is 0 Å². The molecule has 1 aromatic carbocycles. The molecule has 1 aliphatic rings. The van der Waals surface area contributed by atoms with Crippen LogP contribution in [0.4, 0.5) is 0 Å². The maximum Gasteiger partial charge on any atom is 0.110 e. The summed E-state index contributed by atoms with van der Waals surface area (Å²) in [6.45, 7) is 1.66. The number of hydrogen-bond donors (Lipinski definition) is 1. The van der Waals surface area contributed by atoms with Crippen LogP contribution in [0.2, 0.25) is 10.0 Å². The predicted octanol–water partition coefficient (Wildman–Crippen LogP) is 2.88. The van der Waals surface area contributed by atoms with Crippen molar-refractivity contribution in [3.8, 4) is 5.69 Å². The number of hydrogen-bond acceptors (Lipinski definition) is 4. The van der Waals surface area contributed by atoms with Crippen molar-refractivity contribution >= 4 is 23.2 Å². The largest absolute Gasteiger partial charge is 0.335 e. The molecule has 24 heavy (non-hydrogen) atoms. The Balaban J connectivity index is 1.41. The number of aryl methyl sites for hydroxylation is 1. The van der Waals surface area contributed by atoms with Crippen molar-refractivity contribution in [1.82, 2.24) is 29.9 Å². The van der Waals surface area contributed by atoms with E-state index in [1.54, 1.807) is 16.8 Å². The summed E-state index contributed by atoms with van der Waals surface area (Å²) < 4.78 is 3.88. The van der Waals surface area contributed by atoms with Gasteiger partial charge < -0.3 is 9.88 Å². The second-order valence-electron chi connectivity index (χ2n) is 5.86. The average molecular weight is 363 g/mol. The molecule has 8 heteroatoms. The maximum absolute atomic E-state index is 6.21. The Morgan fingerprint density at radius 1 is 1.29 bits per heavy atom. The van der Waals surface area contributed by atoms with Crippen LogP contribution >= 0.6 is 23.2 Å². The number of benzene rings is 1. The molecule has 0 fully saturated rings. The van der Waals surface area contributed by atoms with Crippen LogP contribution in [0.25, 0.3) is 5.69 Å². The number of rotatable bonds is 4. The van der Waals surface area contributed by atoms with E-state index in [2.05, 4.69) is 25.2 Å². The fourth-order valence-electron chi connectivity index (χ4n) is 2.94. The van der Waals surface area contributed by atoms with Crippen molar-refractivity contribution in [2.75, 3.05) is 0 Å². The minimum Gasteiger partial charge on any atom is -0.335 e. The van der Waals surface area contributed by atoms with Crippen LogP contribution in [0.3, 0.4) is 0 Å². The van der Waals surface area contributed by atoms with Gasteiger partial charge in [0.15, 0.2) is 0 Å². The SMILES string of the molecule is Clc1ccc(-n2cc(CNC3CCn4ccnc4C3)nn2)c(Cl)c1. The molecule has 1 aliphatic heterocycles. The van der Waals surface area contributed by atoms with Gasteiger partial charge in [-0.25, -0.2) is 9.67 Å². The third-order valence-electron chi connectivity index (χ3n) is 4.22. The fraction of sp³-hybridized carbons (Fsp3) is 0.312. The first-order valence-corrected chi connectivity index (χ1v) is 8.55. The standard InChI is InChI=1S/C16H16Cl2N6/c17-11-1-2-15(14(18)7-11)24-10-13(21-22-24)9-20-12-3-5-23-6-4-19-16(23)8-12/h1-2,4,6-7,10,12,20H,3,5,8-9H2. The van der Waals surface area contributed by atoms with Crippen LogP contribution in [0.5, 0.6) is 0 Å². The number of nitrogens with zero attached hydrogens (tertiary/aromatic N) is 5. The number of halogens is 2. The summed E-state index contributed by atoms with van der Waals surface area (Å²) in [6.07, 6.45) is 7.79. The number of fused-ring (bicyclic) bond motifs is 1. The molecule has 2 aromatic heterocycles. The van der Waals surface area contributed by atoms with Crippen LogP contribution in [0.15, 0.2) is 36.8 Å². The van der Waals surface area contributed by atoms with E-state index in [1.807, 2.05) is 24.7 Å². The van der Waals surface area contributed by atoms with Crippen molar-refractivity contribution < 1.29 is 0 Å². The second-order valence-corrected chi connectivity index (χ2v) is 6.70. The predicted molar refractivity (Wildman–Crippen MR) is 92.6 cm³/mol. The molecular weight excluding hydrogens is 347 g/mol. The summed E-state index contributed by atoms with van der Waals surface area (Å²) in [6, 6.07) is 5.72. The Bertz CT molecular complexity index is 856. The number of imidazole rings is 1. The molecule has 0 saturated carbocycles. The van der Waals surface area contributed by atoms with E-state index in [-0.39, 0.29) is 0 Å². The minimum absolute atomic E-state index is 0.407. The smallest absolute Gasteiger partial charge is 0.110 e. The molecule has 124 valence electrons. The molecule has 1 unspecified atom stereocenters. The van der Waals surface area contributed by atoms with E-state index in [0.29, 0.717) is 22.6 Å². The molecule has 0 radical (unpaired) electrons. The van der Waals surface area contributed by atoms with Crippen LogP contribution < -0.4 is 5.32 Å². The zero-order valence-electron chi connectivity index (χ0n) is 12.9. The Hall–Kier alpha value is -1.89. The molecule has 4 rings (SSSR count). The summed E-state index contributed by atoms with van der Waals surface area (Å²) in [7, 11) is 0. The Morgan fingerprint density at radius 3 is 3.08 bits per heavy atom. The van der Waals surface area contributed by atoms with Gasteiger partial charge in [0.05, 0.1) is 22.6 Å². The Labute approximate surface area is 149 Å². The lowest BCUT2D eigenvalue weighted by atomic mass is 10.1. The molecule has 0 bridgehead atoms. The van der Waals surface area contributed by atoms with Crippen molar-refractivity contribution in [2.45, 2.75) is 32.0 Å². The second kappa shape index (κ2) is 6.55. The van der Waals surface area contributed by atoms with E-state index in [0.717, 1.165) is 36.6 Å². The Kier molecular flexibility index (Phi) is 4.26. The lowest BCUT2D eigenvalue weighted by molar-refractivity contribution is 0.391. The molecule has 0 aliphatic carbocycles. The molecule has 3 heterocycles. The van der Waals surface area contributed by atoms with E-state index in [9.17, 15) is 0 Å². The van der Waals surface area contributed by atoms with Gasteiger partial charge >= 0.3 is 0 Å². The number of nitrogens with one attached hydrogen (secondary N) is 1. The highest BCUT2D eigenvalue weighted by Crippen LogP contribution is 2.23. The highest BCUT2D eigenvalue weighted by Gasteiger charge is 2.19. The van der Waals surface area contributed by atoms with Crippen molar-refractivity contribution in [2.24, 2.45) is 0 Å². The summed E-state index contributed by atoms with van der Waals surface area (Å²) >= 11 is 12.1. The van der Waals surface area contributed by atoms with Crippen LogP contribution in [0.1, 0.15) is 17.9 Å². The first-order valence-electron chi connectivity index (χ1n) is 7.79. The van der Waals surface area contributed by atoms with Gasteiger partial charge in [0, 0.05) is 43.0 Å². The number of aromatic nitrogens is 5. The molecule has 1 atom stereocenters. The average Bonchev–Trinajstić information content (AvgIpc) is 3.21. The monoisotopic (exact) mass is 362 g/mol. The van der Waals surface area contributed by atoms with Gasteiger partial charge in [-0.3, -0.25) is 0 Å². The minimum atomic E-state index is 0.407. The highest BCUT2D eigenvalue weighted by molar-refractivity contribution is 6.35. The van der Waals surface area contributed by atoms with Crippen molar-refractivity contribution in [3.63, 3.8) is 0 Å². The fourth-order valence-corrected chi connectivity index (χ4v) is 3.43. The van der Waals surface area contributed by atoms with Gasteiger partial charge in [-0.15, -0.1) is 5.10 Å². The van der Waals surface area contributed by atoms with Gasteiger partial charge in [-0.05, 0) is 24.6 Å². The molecule has 0 saturated heterocycles. The van der Waals surface area contributed by atoms with Gasteiger partial charge in [-0.2, -0.15) is 0 Å².